The molecule has 0 aliphatic rings. The van der Waals surface area contributed by atoms with Crippen LogP contribution in [0.1, 0.15) is 0 Å². The summed E-state index contributed by atoms with van der Waals surface area (Å²) in [5.41, 5.74) is 6.84. The topological polar surface area (TPSA) is 79.8 Å². The van der Waals surface area contributed by atoms with E-state index in [1.165, 1.54) is 6.20 Å². The highest BCUT2D eigenvalue weighted by atomic mass is 16.3. The smallest absolute Gasteiger partial charge is 0.216 e. The largest absolute Gasteiger partial charge is 0.368 e. The van der Waals surface area contributed by atoms with Gasteiger partial charge in [-0.3, -0.25) is 0 Å². The van der Waals surface area contributed by atoms with Crippen LogP contribution in [-0.2, 0) is 0 Å². The summed E-state index contributed by atoms with van der Waals surface area (Å²) < 4.78 is 0. The lowest BCUT2D eigenvalue weighted by atomic mass is 11.0. The maximum Gasteiger partial charge on any atom is 0.216 e. The molecular formula is C3H6N4O. The Morgan fingerprint density at radius 1 is 1.88 bits per heavy atom. The summed E-state index contributed by atoms with van der Waals surface area (Å²) in [6.07, 6.45) is 1.20. The fourth-order valence-electron chi connectivity index (χ4n) is 0.174. The molecule has 0 aliphatic heterocycles. The highest BCUT2D eigenvalue weighted by Crippen LogP contribution is 1.64. The van der Waals surface area contributed by atoms with Gasteiger partial charge >= 0.3 is 0 Å². The molecule has 0 rings (SSSR count). The summed E-state index contributed by atoms with van der Waals surface area (Å²) in [7, 11) is 0. The predicted octanol–water partition coefficient (Wildman–Crippen LogP) is -0.284. The Bertz CT molecular complexity index is 118. The average molecular weight is 114 g/mol. The van der Waals surface area contributed by atoms with Crippen molar-refractivity contribution >= 4 is 5.96 Å². The van der Waals surface area contributed by atoms with Crippen LogP contribution in [0, 0.1) is 4.91 Å². The van der Waals surface area contributed by atoms with Crippen molar-refractivity contribution < 1.29 is 0 Å². The number of hydrogen-bond acceptors (Lipinski definition) is 3. The van der Waals surface area contributed by atoms with Gasteiger partial charge in [-0.25, -0.2) is 10.4 Å². The normalized spacial score (nSPS) is 10.2. The number of rotatable bonds is 2. The van der Waals surface area contributed by atoms with Crippen molar-refractivity contribution in [3.8, 4) is 0 Å². The van der Waals surface area contributed by atoms with Gasteiger partial charge in [0.1, 0.15) is 0 Å². The molecule has 5 nitrogen and oxygen atoms in total. The fourth-order valence-corrected chi connectivity index (χ4v) is 0.174. The summed E-state index contributed by atoms with van der Waals surface area (Å²) in [6, 6.07) is 0. The molecule has 0 spiro atoms. The van der Waals surface area contributed by atoms with Gasteiger partial charge in [-0.2, -0.15) is 0 Å². The molecule has 0 saturated carbocycles. The Hall–Kier alpha value is -1.39. The first-order chi connectivity index (χ1) is 3.81. The van der Waals surface area contributed by atoms with Crippen LogP contribution in [0.15, 0.2) is 23.1 Å². The molecular weight excluding hydrogens is 108 g/mol. The number of guanidine groups is 1. The zero-order valence-corrected chi connectivity index (χ0v) is 4.16. The van der Waals surface area contributed by atoms with Crippen LogP contribution >= 0.6 is 0 Å². The monoisotopic (exact) mass is 114 g/mol. The molecule has 0 heterocycles. The van der Waals surface area contributed by atoms with Crippen molar-refractivity contribution in [2.45, 2.75) is 0 Å². The highest BCUT2D eigenvalue weighted by molar-refractivity contribution is 5.77. The molecule has 0 radical (unpaired) electrons. The van der Waals surface area contributed by atoms with E-state index in [4.69, 9.17) is 5.73 Å². The van der Waals surface area contributed by atoms with E-state index in [9.17, 15) is 4.91 Å². The molecule has 0 fully saturated rings. The second-order valence-corrected chi connectivity index (χ2v) is 0.900. The van der Waals surface area contributed by atoms with Crippen LogP contribution in [0.5, 0.6) is 0 Å². The number of aliphatic imine (C=N–C) groups is 1. The van der Waals surface area contributed by atoms with Crippen LogP contribution in [0.2, 0.25) is 0 Å². The van der Waals surface area contributed by atoms with E-state index in [0.29, 0.717) is 0 Å². The first-order valence-electron chi connectivity index (χ1n) is 1.83. The molecule has 0 aliphatic carbocycles. The number of nitrogens with two attached hydrogens (primary N) is 1. The number of hydrogen-bond donors (Lipinski definition) is 2. The summed E-state index contributed by atoms with van der Waals surface area (Å²) in [5.74, 6) is -0.0602. The molecule has 0 unspecified atom stereocenters. The zero-order valence-electron chi connectivity index (χ0n) is 4.16. The minimum Gasteiger partial charge on any atom is -0.368 e. The third-order valence-electron chi connectivity index (χ3n) is 0.391. The Labute approximate surface area is 46.2 Å². The van der Waals surface area contributed by atoms with Crippen LogP contribution < -0.4 is 11.2 Å². The van der Waals surface area contributed by atoms with E-state index in [0.717, 1.165) is 0 Å². The van der Waals surface area contributed by atoms with E-state index in [2.05, 4.69) is 16.9 Å². The molecule has 0 aromatic heterocycles. The van der Waals surface area contributed by atoms with Crippen LogP contribution in [0.4, 0.5) is 0 Å². The van der Waals surface area contributed by atoms with Gasteiger partial charge in [0.15, 0.2) is 0 Å². The number of nitrogens with zero attached hydrogens (tertiary/aromatic N) is 2. The Morgan fingerprint density at radius 2 is 2.50 bits per heavy atom. The molecule has 5 heteroatoms. The summed E-state index contributed by atoms with van der Waals surface area (Å²) in [5, 5.41) is 2.25. The van der Waals surface area contributed by atoms with Gasteiger partial charge in [0.2, 0.25) is 5.96 Å². The lowest BCUT2D eigenvalue weighted by molar-refractivity contribution is 0.992. The van der Waals surface area contributed by atoms with Gasteiger partial charge < -0.3 is 5.73 Å². The van der Waals surface area contributed by atoms with Gasteiger partial charge in [-0.1, -0.05) is 6.58 Å². The molecule has 0 saturated heterocycles. The Kier molecular flexibility index (Phi) is 3.13. The third kappa shape index (κ3) is 2.83. The molecule has 44 valence electrons. The molecule has 0 aromatic carbocycles. The quantitative estimate of drug-likeness (QED) is 0.224. The molecule has 8 heavy (non-hydrogen) atoms. The third-order valence-corrected chi connectivity index (χ3v) is 0.391. The Balaban J connectivity index is 3.60. The minimum atomic E-state index is -0.0602. The van der Waals surface area contributed by atoms with E-state index >= 15 is 0 Å². The molecule has 0 amide bonds. The summed E-state index contributed by atoms with van der Waals surface area (Å²) >= 11 is 0. The number of nitroso groups, excluding NO2 is 1. The lowest BCUT2D eigenvalue weighted by Gasteiger charge is -1.87. The Morgan fingerprint density at radius 3 is 2.88 bits per heavy atom. The van der Waals surface area contributed by atoms with E-state index in [1.54, 1.807) is 0 Å². The number of nitrogens with one attached hydrogen (secondary N) is 1. The molecule has 0 aromatic rings. The first kappa shape index (κ1) is 6.61. The van der Waals surface area contributed by atoms with Crippen LogP contribution in [-0.4, -0.2) is 5.96 Å². The van der Waals surface area contributed by atoms with E-state index in [1.807, 2.05) is 5.43 Å². The van der Waals surface area contributed by atoms with E-state index < -0.39 is 0 Å². The summed E-state index contributed by atoms with van der Waals surface area (Å²) in [6.45, 7) is 3.23. The minimum absolute atomic E-state index is 0.0602. The van der Waals surface area contributed by atoms with Gasteiger partial charge in [0, 0.05) is 6.20 Å². The maximum absolute atomic E-state index is 9.33. The maximum atomic E-state index is 9.33. The van der Waals surface area contributed by atoms with Gasteiger partial charge in [-0.05, 0) is 0 Å². The van der Waals surface area contributed by atoms with Crippen molar-refractivity contribution in [3.05, 3.63) is 17.7 Å². The first-order valence-corrected chi connectivity index (χ1v) is 1.83. The van der Waals surface area contributed by atoms with Gasteiger partial charge in [0.05, 0.1) is 5.29 Å². The van der Waals surface area contributed by atoms with Crippen molar-refractivity contribution in [2.75, 3.05) is 0 Å². The van der Waals surface area contributed by atoms with Gasteiger partial charge in [-0.15, -0.1) is 4.91 Å². The average Bonchev–Trinajstić information content (AvgIpc) is 1.68. The van der Waals surface area contributed by atoms with Crippen LogP contribution in [0.25, 0.3) is 0 Å². The lowest BCUT2D eigenvalue weighted by Crippen LogP contribution is -2.25. The van der Waals surface area contributed by atoms with Crippen molar-refractivity contribution in [2.24, 2.45) is 16.0 Å². The SMILES string of the molecule is C=CN=C(N)NN=O. The van der Waals surface area contributed by atoms with Crippen LogP contribution in [0.3, 0.4) is 0 Å². The molecule has 3 N–H and O–H groups in total. The van der Waals surface area contributed by atoms with Crippen molar-refractivity contribution in [3.63, 3.8) is 0 Å². The molecule has 0 atom stereocenters. The predicted molar refractivity (Wildman–Crippen MR) is 30.8 cm³/mol. The van der Waals surface area contributed by atoms with Crippen molar-refractivity contribution in [1.82, 2.24) is 5.43 Å². The second-order valence-electron chi connectivity index (χ2n) is 0.900. The molecule has 0 bridgehead atoms. The van der Waals surface area contributed by atoms with Crippen molar-refractivity contribution in [1.29, 1.82) is 0 Å². The zero-order chi connectivity index (χ0) is 6.41. The van der Waals surface area contributed by atoms with E-state index in [-0.39, 0.29) is 5.96 Å². The fraction of sp³-hybridized carbons (Fsp3) is 0. The van der Waals surface area contributed by atoms with Gasteiger partial charge in [0.25, 0.3) is 0 Å². The highest BCUT2D eigenvalue weighted by Gasteiger charge is 1.80. The summed E-state index contributed by atoms with van der Waals surface area (Å²) in [4.78, 5) is 12.7. The standard InChI is InChI=1S/C3H6N4O/c1-2-5-3(4)6-7-8/h2H,1H2,(H3,4,5,6,8). The second kappa shape index (κ2) is 3.79.